The van der Waals surface area contributed by atoms with Gasteiger partial charge in [-0.2, -0.15) is 0 Å². The van der Waals surface area contributed by atoms with Crippen LogP contribution >= 0.6 is 12.4 Å². The summed E-state index contributed by atoms with van der Waals surface area (Å²) in [5, 5.41) is 3.27. The molecule has 2 amide bonds. The number of halogens is 1. The Labute approximate surface area is 104 Å². The normalized spacial score (nSPS) is 22.8. The van der Waals surface area contributed by atoms with E-state index in [1.165, 1.54) is 0 Å². The molecule has 0 radical (unpaired) electrons. The molecule has 2 aliphatic heterocycles. The Morgan fingerprint density at radius 2 is 1.56 bits per heavy atom. The van der Waals surface area contributed by atoms with E-state index in [2.05, 4.69) is 12.2 Å². The topological polar surface area (TPSA) is 35.6 Å². The maximum absolute atomic E-state index is 12.1. The van der Waals surface area contributed by atoms with Crippen molar-refractivity contribution >= 4 is 18.4 Å². The van der Waals surface area contributed by atoms with E-state index in [9.17, 15) is 4.79 Å². The minimum absolute atomic E-state index is 0. The lowest BCUT2D eigenvalue weighted by atomic mass is 9.99. The standard InChI is InChI=1S/C11H21N3O.ClH/c1-10-2-6-13(7-3-10)11(15)14-8-4-12-5-9-14;/h10,12H,2-9H2,1H3;1H. The third kappa shape index (κ3) is 3.25. The molecule has 0 aromatic carbocycles. The van der Waals surface area contributed by atoms with Crippen molar-refractivity contribution in [1.82, 2.24) is 15.1 Å². The smallest absolute Gasteiger partial charge is 0.320 e. The first-order valence-electron chi connectivity index (χ1n) is 6.02. The summed E-state index contributed by atoms with van der Waals surface area (Å²) in [5.74, 6) is 0.789. The Morgan fingerprint density at radius 1 is 1.06 bits per heavy atom. The van der Waals surface area contributed by atoms with Crippen molar-refractivity contribution in [2.24, 2.45) is 5.92 Å². The van der Waals surface area contributed by atoms with E-state index in [-0.39, 0.29) is 18.4 Å². The van der Waals surface area contributed by atoms with E-state index >= 15 is 0 Å². The number of carbonyl (C=O) groups excluding carboxylic acids is 1. The van der Waals surface area contributed by atoms with Gasteiger partial charge >= 0.3 is 6.03 Å². The minimum Gasteiger partial charge on any atom is -0.325 e. The second-order valence-corrected chi connectivity index (χ2v) is 4.69. The fraction of sp³-hybridized carbons (Fsp3) is 0.909. The van der Waals surface area contributed by atoms with Crippen LogP contribution in [0.25, 0.3) is 0 Å². The van der Waals surface area contributed by atoms with Gasteiger partial charge in [-0.15, -0.1) is 12.4 Å². The zero-order valence-corrected chi connectivity index (χ0v) is 10.8. The second kappa shape index (κ2) is 6.30. The Kier molecular flexibility index (Phi) is 5.35. The Bertz CT molecular complexity index is 223. The van der Waals surface area contributed by atoms with Crippen LogP contribution in [0.1, 0.15) is 19.8 Å². The van der Waals surface area contributed by atoms with Crippen LogP contribution < -0.4 is 5.32 Å². The van der Waals surface area contributed by atoms with Gasteiger partial charge in [0.05, 0.1) is 0 Å². The quantitative estimate of drug-likeness (QED) is 0.698. The molecule has 2 saturated heterocycles. The lowest BCUT2D eigenvalue weighted by Crippen LogP contribution is -2.52. The maximum Gasteiger partial charge on any atom is 0.320 e. The van der Waals surface area contributed by atoms with Crippen LogP contribution in [0, 0.1) is 5.92 Å². The van der Waals surface area contributed by atoms with E-state index in [0.29, 0.717) is 0 Å². The zero-order valence-electron chi connectivity index (χ0n) is 9.95. The summed E-state index contributed by atoms with van der Waals surface area (Å²) in [6.07, 6.45) is 2.33. The Hall–Kier alpha value is -0.480. The number of rotatable bonds is 0. The first-order valence-corrected chi connectivity index (χ1v) is 6.02. The van der Waals surface area contributed by atoms with Gasteiger partial charge < -0.3 is 15.1 Å². The lowest BCUT2D eigenvalue weighted by molar-refractivity contribution is 0.129. The van der Waals surface area contributed by atoms with Crippen LogP contribution in [0.15, 0.2) is 0 Å². The highest BCUT2D eigenvalue weighted by Gasteiger charge is 2.25. The van der Waals surface area contributed by atoms with Crippen molar-refractivity contribution in [2.75, 3.05) is 39.3 Å². The number of nitrogens with one attached hydrogen (secondary N) is 1. The highest BCUT2D eigenvalue weighted by atomic mass is 35.5. The maximum atomic E-state index is 12.1. The molecule has 0 saturated carbocycles. The SMILES string of the molecule is CC1CCN(C(=O)N2CCNCC2)CC1.Cl. The summed E-state index contributed by atoms with van der Waals surface area (Å²) in [6.45, 7) is 7.78. The zero-order chi connectivity index (χ0) is 10.7. The number of hydrogen-bond acceptors (Lipinski definition) is 2. The van der Waals surface area contributed by atoms with E-state index < -0.39 is 0 Å². The Balaban J connectivity index is 0.00000128. The molecule has 0 spiro atoms. The van der Waals surface area contributed by atoms with Gasteiger partial charge in [-0.3, -0.25) is 0 Å². The third-order valence-electron chi connectivity index (χ3n) is 3.44. The van der Waals surface area contributed by atoms with E-state index in [1.54, 1.807) is 0 Å². The molecule has 1 N–H and O–H groups in total. The van der Waals surface area contributed by atoms with Crippen LogP contribution in [-0.2, 0) is 0 Å². The van der Waals surface area contributed by atoms with Gasteiger partial charge in [0.1, 0.15) is 0 Å². The first kappa shape index (κ1) is 13.6. The molecule has 0 bridgehead atoms. The van der Waals surface area contributed by atoms with Crippen molar-refractivity contribution in [2.45, 2.75) is 19.8 Å². The number of amides is 2. The average molecular weight is 248 g/mol. The Morgan fingerprint density at radius 3 is 2.12 bits per heavy atom. The number of nitrogens with zero attached hydrogens (tertiary/aromatic N) is 2. The van der Waals surface area contributed by atoms with Gasteiger partial charge in [-0.25, -0.2) is 4.79 Å². The van der Waals surface area contributed by atoms with Crippen molar-refractivity contribution in [3.05, 3.63) is 0 Å². The molecule has 2 rings (SSSR count). The monoisotopic (exact) mass is 247 g/mol. The summed E-state index contributed by atoms with van der Waals surface area (Å²) >= 11 is 0. The van der Waals surface area contributed by atoms with Crippen LogP contribution in [-0.4, -0.2) is 55.1 Å². The molecule has 0 aromatic rings. The summed E-state index contributed by atoms with van der Waals surface area (Å²) in [6, 6.07) is 0.253. The number of urea groups is 1. The number of piperidine rings is 1. The molecule has 0 unspecified atom stereocenters. The fourth-order valence-corrected chi connectivity index (χ4v) is 2.26. The lowest BCUT2D eigenvalue weighted by Gasteiger charge is -2.36. The molecule has 0 aliphatic carbocycles. The second-order valence-electron chi connectivity index (χ2n) is 4.69. The highest BCUT2D eigenvalue weighted by Crippen LogP contribution is 2.17. The van der Waals surface area contributed by atoms with Crippen molar-refractivity contribution in [1.29, 1.82) is 0 Å². The summed E-state index contributed by atoms with van der Waals surface area (Å²) in [5.41, 5.74) is 0. The molecule has 0 aromatic heterocycles. The molecule has 4 nitrogen and oxygen atoms in total. The molecular formula is C11H22ClN3O. The highest BCUT2D eigenvalue weighted by molar-refractivity contribution is 5.85. The molecule has 2 heterocycles. The largest absolute Gasteiger partial charge is 0.325 e. The number of carbonyl (C=O) groups is 1. The van der Waals surface area contributed by atoms with Gasteiger partial charge in [0.15, 0.2) is 0 Å². The molecule has 0 atom stereocenters. The van der Waals surface area contributed by atoms with E-state index in [1.807, 2.05) is 9.80 Å². The van der Waals surface area contributed by atoms with Gasteiger partial charge in [0.2, 0.25) is 0 Å². The van der Waals surface area contributed by atoms with Crippen LogP contribution in [0.3, 0.4) is 0 Å². The summed E-state index contributed by atoms with van der Waals surface area (Å²) < 4.78 is 0. The van der Waals surface area contributed by atoms with E-state index in [0.717, 1.165) is 58.0 Å². The van der Waals surface area contributed by atoms with Gasteiger partial charge in [0, 0.05) is 39.3 Å². The molecular weight excluding hydrogens is 226 g/mol. The van der Waals surface area contributed by atoms with Crippen molar-refractivity contribution in [3.63, 3.8) is 0 Å². The predicted octanol–water partition coefficient (Wildman–Crippen LogP) is 1.17. The molecule has 2 aliphatic rings. The molecule has 94 valence electrons. The van der Waals surface area contributed by atoms with Crippen molar-refractivity contribution < 1.29 is 4.79 Å². The van der Waals surface area contributed by atoms with E-state index in [4.69, 9.17) is 0 Å². The number of hydrogen-bond donors (Lipinski definition) is 1. The molecule has 2 fully saturated rings. The fourth-order valence-electron chi connectivity index (χ4n) is 2.26. The number of piperazine rings is 1. The molecule has 16 heavy (non-hydrogen) atoms. The van der Waals surface area contributed by atoms with Crippen molar-refractivity contribution in [3.8, 4) is 0 Å². The summed E-state index contributed by atoms with van der Waals surface area (Å²) in [7, 11) is 0. The predicted molar refractivity (Wildman–Crippen MR) is 67.1 cm³/mol. The number of likely N-dealkylation sites (tertiary alicyclic amines) is 1. The first-order chi connectivity index (χ1) is 7.27. The van der Waals surface area contributed by atoms with Gasteiger partial charge in [0.25, 0.3) is 0 Å². The third-order valence-corrected chi connectivity index (χ3v) is 3.44. The van der Waals surface area contributed by atoms with Crippen LogP contribution in [0.5, 0.6) is 0 Å². The minimum atomic E-state index is 0. The summed E-state index contributed by atoms with van der Waals surface area (Å²) in [4.78, 5) is 16.1. The van der Waals surface area contributed by atoms with Crippen LogP contribution in [0.4, 0.5) is 4.79 Å². The average Bonchev–Trinajstić information content (AvgIpc) is 2.30. The van der Waals surface area contributed by atoms with Gasteiger partial charge in [-0.1, -0.05) is 6.92 Å². The van der Waals surface area contributed by atoms with Crippen LogP contribution in [0.2, 0.25) is 0 Å². The molecule has 5 heteroatoms. The van der Waals surface area contributed by atoms with Gasteiger partial charge in [-0.05, 0) is 18.8 Å².